The van der Waals surface area contributed by atoms with Gasteiger partial charge in [0.15, 0.2) is 5.82 Å². The molecule has 0 unspecified atom stereocenters. The van der Waals surface area contributed by atoms with Crippen molar-refractivity contribution < 1.29 is 13.9 Å². The largest absolute Gasteiger partial charge is 0.497 e. The lowest BCUT2D eigenvalue weighted by Crippen LogP contribution is -2.35. The third-order valence-corrected chi connectivity index (χ3v) is 4.81. The Hall–Kier alpha value is -3.71. The molecular weight excluding hydrogens is 409 g/mol. The van der Waals surface area contributed by atoms with Crippen molar-refractivity contribution in [3.63, 3.8) is 0 Å². The Bertz CT molecular complexity index is 1340. The number of hydrogen-bond acceptors (Lipinski definition) is 4. The predicted molar refractivity (Wildman–Crippen MR) is 113 cm³/mol. The van der Waals surface area contributed by atoms with Crippen LogP contribution in [-0.2, 0) is 0 Å². The number of benzene rings is 3. The van der Waals surface area contributed by atoms with Crippen LogP contribution in [0.1, 0.15) is 10.4 Å². The highest BCUT2D eigenvalue weighted by Crippen LogP contribution is 2.23. The fourth-order valence-corrected chi connectivity index (χ4v) is 3.28. The quantitative estimate of drug-likeness (QED) is 0.532. The molecule has 0 fully saturated rings. The molecule has 1 aromatic heterocycles. The summed E-state index contributed by atoms with van der Waals surface area (Å²) >= 11 is 6.00. The number of nitrogens with zero attached hydrogens (tertiary/aromatic N) is 2. The first-order valence-corrected chi connectivity index (χ1v) is 9.28. The molecule has 1 heterocycles. The fraction of sp³-hybridized carbons (Fsp3) is 0.0455. The second kappa shape index (κ2) is 7.96. The SMILES string of the molecule is COc1cccc(-c2nc3ccccc3c(=O)n2NC(=O)c2ccc(F)cc2Cl)c1. The van der Waals surface area contributed by atoms with E-state index in [1.807, 2.05) is 0 Å². The molecule has 0 saturated heterocycles. The summed E-state index contributed by atoms with van der Waals surface area (Å²) in [4.78, 5) is 30.5. The van der Waals surface area contributed by atoms with Gasteiger partial charge >= 0.3 is 0 Å². The molecule has 0 radical (unpaired) electrons. The molecule has 0 bridgehead atoms. The normalized spacial score (nSPS) is 10.8. The molecule has 0 aliphatic heterocycles. The lowest BCUT2D eigenvalue weighted by atomic mass is 10.1. The monoisotopic (exact) mass is 423 g/mol. The second-order valence-electron chi connectivity index (χ2n) is 6.39. The van der Waals surface area contributed by atoms with Crippen LogP contribution < -0.4 is 15.7 Å². The highest BCUT2D eigenvalue weighted by Gasteiger charge is 2.18. The van der Waals surface area contributed by atoms with Crippen molar-refractivity contribution in [3.8, 4) is 17.1 Å². The number of carbonyl (C=O) groups excluding carboxylic acids is 1. The predicted octanol–water partition coefficient (Wildman–Crippen LogP) is 4.25. The van der Waals surface area contributed by atoms with Gasteiger partial charge in [-0.05, 0) is 42.5 Å². The first-order chi connectivity index (χ1) is 14.5. The number of para-hydroxylation sites is 1. The molecule has 0 aliphatic carbocycles. The van der Waals surface area contributed by atoms with Gasteiger partial charge in [0.2, 0.25) is 0 Å². The van der Waals surface area contributed by atoms with E-state index in [0.717, 1.165) is 16.8 Å². The molecule has 1 amide bonds. The van der Waals surface area contributed by atoms with Gasteiger partial charge in [0.25, 0.3) is 11.5 Å². The van der Waals surface area contributed by atoms with E-state index in [4.69, 9.17) is 16.3 Å². The van der Waals surface area contributed by atoms with Crippen LogP contribution in [0, 0.1) is 5.82 Å². The maximum Gasteiger partial charge on any atom is 0.280 e. The summed E-state index contributed by atoms with van der Waals surface area (Å²) in [5, 5.41) is 0.256. The number of rotatable bonds is 4. The molecule has 30 heavy (non-hydrogen) atoms. The lowest BCUT2D eigenvalue weighted by Gasteiger charge is -2.15. The van der Waals surface area contributed by atoms with Gasteiger partial charge in [-0.25, -0.2) is 9.37 Å². The summed E-state index contributed by atoms with van der Waals surface area (Å²) in [5.74, 6) is -0.472. The summed E-state index contributed by atoms with van der Waals surface area (Å²) in [7, 11) is 1.53. The van der Waals surface area contributed by atoms with Crippen molar-refractivity contribution in [2.45, 2.75) is 0 Å². The second-order valence-corrected chi connectivity index (χ2v) is 6.80. The standard InChI is InChI=1S/C22H15ClFN3O3/c1-30-15-6-4-5-13(11-15)20-25-19-8-3-2-7-17(19)22(29)27(20)26-21(28)16-10-9-14(24)12-18(16)23/h2-12H,1H3,(H,26,28). The number of hydrogen-bond donors (Lipinski definition) is 1. The highest BCUT2D eigenvalue weighted by atomic mass is 35.5. The molecule has 4 rings (SSSR count). The number of aromatic nitrogens is 2. The van der Waals surface area contributed by atoms with Crippen molar-refractivity contribution in [1.29, 1.82) is 0 Å². The maximum atomic E-state index is 13.3. The minimum absolute atomic E-state index is 0.0229. The Morgan fingerprint density at radius 2 is 1.90 bits per heavy atom. The van der Waals surface area contributed by atoms with E-state index in [9.17, 15) is 14.0 Å². The summed E-state index contributed by atoms with van der Waals surface area (Å²) in [6, 6.07) is 17.1. The van der Waals surface area contributed by atoms with Crippen molar-refractivity contribution in [1.82, 2.24) is 9.66 Å². The van der Waals surface area contributed by atoms with Crippen LogP contribution >= 0.6 is 11.6 Å². The Balaban J connectivity index is 1.89. The molecule has 150 valence electrons. The zero-order valence-electron chi connectivity index (χ0n) is 15.7. The number of ether oxygens (including phenoxy) is 1. The zero-order valence-corrected chi connectivity index (χ0v) is 16.5. The van der Waals surface area contributed by atoms with Crippen molar-refractivity contribution in [2.24, 2.45) is 0 Å². The van der Waals surface area contributed by atoms with Gasteiger partial charge in [0.1, 0.15) is 11.6 Å². The molecule has 6 nitrogen and oxygen atoms in total. The first kappa shape index (κ1) is 19.6. The third kappa shape index (κ3) is 3.62. The van der Waals surface area contributed by atoms with Crippen LogP contribution in [-0.4, -0.2) is 22.7 Å². The number of methoxy groups -OCH3 is 1. The molecular formula is C22H15ClFN3O3. The molecule has 8 heteroatoms. The van der Waals surface area contributed by atoms with Crippen LogP contribution in [0.3, 0.4) is 0 Å². The van der Waals surface area contributed by atoms with E-state index in [0.29, 0.717) is 22.2 Å². The molecule has 4 aromatic rings. The van der Waals surface area contributed by atoms with Crippen LogP contribution in [0.2, 0.25) is 5.02 Å². The first-order valence-electron chi connectivity index (χ1n) is 8.90. The maximum absolute atomic E-state index is 13.3. The van der Waals surface area contributed by atoms with Gasteiger partial charge in [-0.3, -0.25) is 15.0 Å². The average Bonchev–Trinajstić information content (AvgIpc) is 2.75. The van der Waals surface area contributed by atoms with Gasteiger partial charge in [0.05, 0.1) is 28.6 Å². The van der Waals surface area contributed by atoms with Gasteiger partial charge in [-0.1, -0.05) is 35.9 Å². The number of nitrogens with one attached hydrogen (secondary N) is 1. The number of fused-ring (bicyclic) bond motifs is 1. The molecule has 0 saturated carbocycles. The smallest absolute Gasteiger partial charge is 0.280 e. The van der Waals surface area contributed by atoms with E-state index < -0.39 is 17.3 Å². The number of halogens is 2. The Morgan fingerprint density at radius 1 is 1.10 bits per heavy atom. The summed E-state index contributed by atoms with van der Waals surface area (Å²) < 4.78 is 19.7. The Kier molecular flexibility index (Phi) is 5.20. The molecule has 1 N–H and O–H groups in total. The molecule has 3 aromatic carbocycles. The van der Waals surface area contributed by atoms with E-state index in [1.54, 1.807) is 48.5 Å². The number of carbonyl (C=O) groups is 1. The summed E-state index contributed by atoms with van der Waals surface area (Å²) in [6.07, 6.45) is 0. The minimum atomic E-state index is -0.677. The van der Waals surface area contributed by atoms with Crippen LogP contribution in [0.25, 0.3) is 22.3 Å². The number of amides is 1. The van der Waals surface area contributed by atoms with Gasteiger partial charge in [0, 0.05) is 5.56 Å². The van der Waals surface area contributed by atoms with Crippen molar-refractivity contribution >= 4 is 28.4 Å². The van der Waals surface area contributed by atoms with E-state index in [2.05, 4.69) is 10.4 Å². The van der Waals surface area contributed by atoms with Gasteiger partial charge < -0.3 is 4.74 Å². The third-order valence-electron chi connectivity index (χ3n) is 4.49. The topological polar surface area (TPSA) is 73.2 Å². The minimum Gasteiger partial charge on any atom is -0.497 e. The lowest BCUT2D eigenvalue weighted by molar-refractivity contribution is 0.101. The fourth-order valence-electron chi connectivity index (χ4n) is 3.03. The molecule has 0 aliphatic rings. The van der Waals surface area contributed by atoms with Crippen LogP contribution in [0.15, 0.2) is 71.5 Å². The Morgan fingerprint density at radius 3 is 2.67 bits per heavy atom. The van der Waals surface area contributed by atoms with Crippen LogP contribution in [0.5, 0.6) is 5.75 Å². The van der Waals surface area contributed by atoms with Gasteiger partial charge in [-0.15, -0.1) is 0 Å². The summed E-state index contributed by atoms with van der Waals surface area (Å²) in [5.41, 5.74) is 3.13. The molecule has 0 spiro atoms. The van der Waals surface area contributed by atoms with E-state index in [1.165, 1.54) is 13.2 Å². The van der Waals surface area contributed by atoms with E-state index >= 15 is 0 Å². The van der Waals surface area contributed by atoms with Crippen molar-refractivity contribution in [3.05, 3.63) is 93.5 Å². The average molecular weight is 424 g/mol. The van der Waals surface area contributed by atoms with Crippen molar-refractivity contribution in [2.75, 3.05) is 12.5 Å². The Labute approximate surface area is 175 Å². The molecule has 0 atom stereocenters. The van der Waals surface area contributed by atoms with Gasteiger partial charge in [-0.2, -0.15) is 4.68 Å². The zero-order chi connectivity index (χ0) is 21.3. The summed E-state index contributed by atoms with van der Waals surface area (Å²) in [6.45, 7) is 0. The van der Waals surface area contributed by atoms with E-state index in [-0.39, 0.29) is 16.4 Å². The highest BCUT2D eigenvalue weighted by molar-refractivity contribution is 6.34. The van der Waals surface area contributed by atoms with Crippen LogP contribution in [0.4, 0.5) is 4.39 Å².